The fourth-order valence-electron chi connectivity index (χ4n) is 2.75. The van der Waals surface area contributed by atoms with Crippen LogP contribution in [0.25, 0.3) is 0 Å². The largest absolute Gasteiger partial charge is 0.454 e. The molecule has 29 heavy (non-hydrogen) atoms. The van der Waals surface area contributed by atoms with Gasteiger partial charge in [0.1, 0.15) is 0 Å². The van der Waals surface area contributed by atoms with Crippen molar-refractivity contribution in [2.75, 3.05) is 29.9 Å². The van der Waals surface area contributed by atoms with Crippen LogP contribution in [0.4, 0.5) is 43.9 Å². The topological polar surface area (TPSA) is 63.2 Å². The Hall–Kier alpha value is -2.79. The van der Waals surface area contributed by atoms with E-state index in [4.69, 9.17) is 0 Å². The average Bonchev–Trinajstić information content (AvgIpc) is 2.66. The smallest absolute Gasteiger partial charge is 0.422 e. The molecule has 1 fully saturated rings. The van der Waals surface area contributed by atoms with E-state index in [1.165, 1.54) is 12.1 Å². The number of benzene rings is 1. The van der Waals surface area contributed by atoms with Crippen molar-refractivity contribution in [1.82, 2.24) is 15.0 Å². The molecule has 1 saturated heterocycles. The zero-order valence-corrected chi connectivity index (χ0v) is 15.0. The summed E-state index contributed by atoms with van der Waals surface area (Å²) in [6.07, 6.45) is -6.40. The van der Waals surface area contributed by atoms with Crippen LogP contribution in [0.5, 0.6) is 6.01 Å². The van der Waals surface area contributed by atoms with Gasteiger partial charge < -0.3 is 15.0 Å². The molecule has 158 valence electrons. The van der Waals surface area contributed by atoms with Crippen LogP contribution < -0.4 is 15.0 Å². The lowest BCUT2D eigenvalue weighted by atomic mass is 10.1. The molecule has 0 radical (unpaired) electrons. The number of halogens is 6. The standard InChI is InChI=1S/C17H17F6N5O/c18-16(19,20)10-29-15-26-13(25-14(27-15)28-7-2-1-3-8-28)24-12-6-4-5-11(9-12)17(21,22)23/h4-6,9H,1-3,7-8,10H2,(H,24,25,26,27). The Morgan fingerprint density at radius 1 is 0.966 bits per heavy atom. The lowest BCUT2D eigenvalue weighted by Crippen LogP contribution is -2.31. The zero-order chi connectivity index (χ0) is 21.1. The molecule has 0 saturated carbocycles. The van der Waals surface area contributed by atoms with Crippen molar-refractivity contribution in [2.45, 2.75) is 31.6 Å². The summed E-state index contributed by atoms with van der Waals surface area (Å²) < 4.78 is 80.7. The fourth-order valence-corrected chi connectivity index (χ4v) is 2.75. The van der Waals surface area contributed by atoms with E-state index in [0.717, 1.165) is 31.4 Å². The van der Waals surface area contributed by atoms with Crippen LogP contribution in [-0.4, -0.2) is 40.8 Å². The quantitative estimate of drug-likeness (QED) is 0.714. The van der Waals surface area contributed by atoms with E-state index in [-0.39, 0.29) is 17.6 Å². The maximum atomic E-state index is 12.9. The van der Waals surface area contributed by atoms with Crippen LogP contribution >= 0.6 is 0 Å². The van der Waals surface area contributed by atoms with Gasteiger partial charge in [-0.15, -0.1) is 0 Å². The summed E-state index contributed by atoms with van der Waals surface area (Å²) in [6.45, 7) is -0.392. The van der Waals surface area contributed by atoms with Gasteiger partial charge in [-0.25, -0.2) is 0 Å². The van der Waals surface area contributed by atoms with Crippen LogP contribution in [0.2, 0.25) is 0 Å². The minimum absolute atomic E-state index is 0.0254. The first kappa shape index (κ1) is 20.9. The van der Waals surface area contributed by atoms with E-state index >= 15 is 0 Å². The molecule has 0 bridgehead atoms. The van der Waals surface area contributed by atoms with Gasteiger partial charge in [0, 0.05) is 18.8 Å². The van der Waals surface area contributed by atoms with Crippen LogP contribution in [0.1, 0.15) is 24.8 Å². The SMILES string of the molecule is FC(F)(F)COc1nc(Nc2cccc(C(F)(F)F)c2)nc(N2CCCCC2)n1. The van der Waals surface area contributed by atoms with Crippen LogP contribution in [-0.2, 0) is 6.18 Å². The Labute approximate surface area is 161 Å². The average molecular weight is 421 g/mol. The third-order valence-corrected chi connectivity index (χ3v) is 4.05. The van der Waals surface area contributed by atoms with Gasteiger partial charge in [0.2, 0.25) is 11.9 Å². The third-order valence-electron chi connectivity index (χ3n) is 4.05. The van der Waals surface area contributed by atoms with Gasteiger partial charge in [0.15, 0.2) is 6.61 Å². The number of hydrogen-bond acceptors (Lipinski definition) is 6. The second kappa shape index (κ2) is 8.29. The molecule has 1 aromatic carbocycles. The van der Waals surface area contributed by atoms with E-state index in [0.29, 0.717) is 13.1 Å². The second-order valence-electron chi connectivity index (χ2n) is 6.40. The van der Waals surface area contributed by atoms with E-state index in [2.05, 4.69) is 25.0 Å². The second-order valence-corrected chi connectivity index (χ2v) is 6.40. The molecular weight excluding hydrogens is 404 g/mol. The minimum atomic E-state index is -4.59. The predicted octanol–water partition coefficient (Wildman–Crippen LogP) is 4.57. The monoisotopic (exact) mass is 421 g/mol. The highest BCUT2D eigenvalue weighted by Gasteiger charge is 2.31. The highest BCUT2D eigenvalue weighted by molar-refractivity contribution is 5.56. The Morgan fingerprint density at radius 3 is 2.34 bits per heavy atom. The van der Waals surface area contributed by atoms with Gasteiger partial charge in [-0.1, -0.05) is 6.07 Å². The number of rotatable bonds is 5. The number of ether oxygens (including phenoxy) is 1. The van der Waals surface area contributed by atoms with Crippen molar-refractivity contribution < 1.29 is 31.1 Å². The zero-order valence-electron chi connectivity index (χ0n) is 15.0. The summed E-state index contributed by atoms with van der Waals surface area (Å²) in [7, 11) is 0. The molecule has 0 amide bonds. The summed E-state index contributed by atoms with van der Waals surface area (Å²) in [5.41, 5.74) is -0.862. The number of anilines is 3. The molecule has 2 heterocycles. The number of hydrogen-bond donors (Lipinski definition) is 1. The molecule has 6 nitrogen and oxygen atoms in total. The molecule has 0 atom stereocenters. The van der Waals surface area contributed by atoms with Crippen molar-refractivity contribution >= 4 is 17.6 Å². The molecule has 0 unspecified atom stereocenters. The number of nitrogens with zero attached hydrogens (tertiary/aromatic N) is 4. The highest BCUT2D eigenvalue weighted by atomic mass is 19.4. The predicted molar refractivity (Wildman–Crippen MR) is 92.2 cm³/mol. The molecular formula is C17H17F6N5O. The summed E-state index contributed by atoms with van der Waals surface area (Å²) in [5, 5.41) is 2.58. The number of nitrogens with one attached hydrogen (secondary N) is 1. The van der Waals surface area contributed by atoms with Gasteiger partial charge >= 0.3 is 18.4 Å². The highest BCUT2D eigenvalue weighted by Crippen LogP contribution is 2.31. The summed E-state index contributed by atoms with van der Waals surface area (Å²) in [4.78, 5) is 13.6. The van der Waals surface area contributed by atoms with Crippen LogP contribution in [0.15, 0.2) is 24.3 Å². The third kappa shape index (κ3) is 6.09. The van der Waals surface area contributed by atoms with E-state index in [1.807, 2.05) is 0 Å². The van der Waals surface area contributed by atoms with Crippen molar-refractivity contribution in [3.05, 3.63) is 29.8 Å². The molecule has 2 aromatic rings. The minimum Gasteiger partial charge on any atom is -0.454 e. The van der Waals surface area contributed by atoms with Gasteiger partial charge in [-0.05, 0) is 37.5 Å². The first-order valence-electron chi connectivity index (χ1n) is 8.75. The summed E-state index contributed by atoms with van der Waals surface area (Å²) >= 11 is 0. The first-order valence-corrected chi connectivity index (χ1v) is 8.75. The molecule has 1 N–H and O–H groups in total. The molecule has 0 aliphatic carbocycles. The van der Waals surface area contributed by atoms with Gasteiger partial charge in [-0.2, -0.15) is 41.3 Å². The fraction of sp³-hybridized carbons (Fsp3) is 0.471. The first-order chi connectivity index (χ1) is 13.6. The van der Waals surface area contributed by atoms with Gasteiger partial charge in [-0.3, -0.25) is 0 Å². The van der Waals surface area contributed by atoms with Crippen LogP contribution in [0, 0.1) is 0 Å². The summed E-state index contributed by atoms with van der Waals surface area (Å²) in [6, 6.07) is 3.73. The number of alkyl halides is 6. The molecule has 1 aliphatic heterocycles. The molecule has 3 rings (SSSR count). The van der Waals surface area contributed by atoms with Gasteiger partial charge in [0.25, 0.3) is 0 Å². The van der Waals surface area contributed by atoms with Crippen LogP contribution in [0.3, 0.4) is 0 Å². The molecule has 1 aliphatic rings. The number of piperidine rings is 1. The maximum Gasteiger partial charge on any atom is 0.422 e. The van der Waals surface area contributed by atoms with E-state index in [9.17, 15) is 26.3 Å². The molecule has 0 spiro atoms. The summed E-state index contributed by atoms with van der Waals surface area (Å²) in [5.74, 6) is -0.108. The van der Waals surface area contributed by atoms with E-state index < -0.39 is 30.5 Å². The Kier molecular flexibility index (Phi) is 5.99. The van der Waals surface area contributed by atoms with Gasteiger partial charge in [0.05, 0.1) is 5.56 Å². The van der Waals surface area contributed by atoms with Crippen molar-refractivity contribution in [3.63, 3.8) is 0 Å². The Morgan fingerprint density at radius 2 is 1.69 bits per heavy atom. The lowest BCUT2D eigenvalue weighted by molar-refractivity contribution is -0.154. The molecule has 1 aromatic heterocycles. The Balaban J connectivity index is 1.88. The lowest BCUT2D eigenvalue weighted by Gasteiger charge is -2.26. The van der Waals surface area contributed by atoms with E-state index in [1.54, 1.807) is 4.90 Å². The van der Waals surface area contributed by atoms with Crippen molar-refractivity contribution in [3.8, 4) is 6.01 Å². The normalized spacial score (nSPS) is 15.3. The Bertz CT molecular complexity index is 836. The maximum absolute atomic E-state index is 12.9. The molecule has 12 heteroatoms. The number of aromatic nitrogens is 3. The van der Waals surface area contributed by atoms with Crippen molar-refractivity contribution in [2.24, 2.45) is 0 Å². The van der Waals surface area contributed by atoms with Crippen molar-refractivity contribution in [1.29, 1.82) is 0 Å².